The maximum atomic E-state index is 10.8. The first-order valence-corrected chi connectivity index (χ1v) is 8.33. The van der Waals surface area contributed by atoms with Crippen molar-refractivity contribution in [3.8, 4) is 0 Å². The van der Waals surface area contributed by atoms with Crippen LogP contribution in [0.3, 0.4) is 0 Å². The van der Waals surface area contributed by atoms with Crippen LogP contribution in [0.25, 0.3) is 0 Å². The Kier molecular flexibility index (Phi) is 4.06. The lowest BCUT2D eigenvalue weighted by atomic mass is 9.94. The molecule has 2 aromatic carbocycles. The summed E-state index contributed by atoms with van der Waals surface area (Å²) < 4.78 is 0. The molecule has 1 fully saturated rings. The number of nitrogens with zero attached hydrogens (tertiary/aromatic N) is 2. The Morgan fingerprint density at radius 3 is 2.25 bits per heavy atom. The van der Waals surface area contributed by atoms with Crippen molar-refractivity contribution in [2.24, 2.45) is 0 Å². The molecule has 128 valence electrons. The van der Waals surface area contributed by atoms with Crippen molar-refractivity contribution in [3.63, 3.8) is 0 Å². The number of rotatable bonds is 3. The molecule has 1 heterocycles. The number of hydrogen-bond donors (Lipinski definition) is 1. The molecule has 3 rings (SSSR count). The quantitative estimate of drug-likeness (QED) is 0.819. The lowest BCUT2D eigenvalue weighted by Crippen LogP contribution is -2.45. The van der Waals surface area contributed by atoms with Crippen LogP contribution in [0.1, 0.15) is 38.3 Å². The molecule has 4 heteroatoms. The zero-order valence-corrected chi connectivity index (χ0v) is 15.1. The fourth-order valence-electron chi connectivity index (χ4n) is 3.53. The molecule has 1 aliphatic rings. The van der Waals surface area contributed by atoms with Gasteiger partial charge in [-0.25, -0.2) is 15.0 Å². The summed E-state index contributed by atoms with van der Waals surface area (Å²) in [6.07, 6.45) is 0.665. The summed E-state index contributed by atoms with van der Waals surface area (Å²) in [6.45, 7) is 10.3. The predicted octanol–water partition coefficient (Wildman–Crippen LogP) is 4.84. The number of hydroxylamine groups is 2. The minimum Gasteiger partial charge on any atom is -0.286 e. The second-order valence-corrected chi connectivity index (χ2v) is 7.54. The summed E-state index contributed by atoms with van der Waals surface area (Å²) in [6, 6.07) is 16.0. The van der Waals surface area contributed by atoms with Crippen molar-refractivity contribution in [3.05, 3.63) is 59.7 Å². The average Bonchev–Trinajstić information content (AvgIpc) is 2.77. The highest BCUT2D eigenvalue weighted by Crippen LogP contribution is 2.44. The molecule has 1 N–H and O–H groups in total. The molecule has 0 unspecified atom stereocenters. The zero-order valence-electron chi connectivity index (χ0n) is 15.1. The summed E-state index contributed by atoms with van der Waals surface area (Å²) in [4.78, 5) is 6.27. The standard InChI is InChI=1S/C20H26N2O2/c1-15-8-6-10-17(12-15)21(23)20(5)14-19(3,4)22(24-20)18-11-7-9-16(2)13-18/h6-13,23H,14H2,1-5H3/t20-/m1/s1. The van der Waals surface area contributed by atoms with Crippen molar-refractivity contribution in [2.75, 3.05) is 10.1 Å². The maximum absolute atomic E-state index is 10.8. The third-order valence-corrected chi connectivity index (χ3v) is 4.53. The molecule has 1 atom stereocenters. The lowest BCUT2D eigenvalue weighted by molar-refractivity contribution is -0.0571. The number of benzene rings is 2. The number of aryl methyl sites for hydroxylation is 2. The second kappa shape index (κ2) is 5.80. The average molecular weight is 326 g/mol. The first kappa shape index (κ1) is 16.8. The van der Waals surface area contributed by atoms with Gasteiger partial charge in [0, 0.05) is 6.42 Å². The topological polar surface area (TPSA) is 35.9 Å². The first-order chi connectivity index (χ1) is 11.2. The van der Waals surface area contributed by atoms with Crippen LogP contribution in [0.15, 0.2) is 48.5 Å². The highest BCUT2D eigenvalue weighted by Gasteiger charge is 2.51. The summed E-state index contributed by atoms with van der Waals surface area (Å²) in [7, 11) is 0. The van der Waals surface area contributed by atoms with Crippen molar-refractivity contribution in [1.29, 1.82) is 0 Å². The van der Waals surface area contributed by atoms with Gasteiger partial charge in [-0.15, -0.1) is 0 Å². The van der Waals surface area contributed by atoms with Gasteiger partial charge in [0.25, 0.3) is 0 Å². The Morgan fingerprint density at radius 2 is 1.62 bits per heavy atom. The molecule has 0 aromatic heterocycles. The Balaban J connectivity index is 1.93. The van der Waals surface area contributed by atoms with E-state index in [-0.39, 0.29) is 5.54 Å². The van der Waals surface area contributed by atoms with Crippen LogP contribution in [-0.2, 0) is 4.84 Å². The smallest absolute Gasteiger partial charge is 0.190 e. The van der Waals surface area contributed by atoms with E-state index in [0.29, 0.717) is 6.42 Å². The van der Waals surface area contributed by atoms with Gasteiger partial charge < -0.3 is 0 Å². The molecule has 1 aliphatic heterocycles. The highest BCUT2D eigenvalue weighted by molar-refractivity contribution is 5.52. The summed E-state index contributed by atoms with van der Waals surface area (Å²) in [5.74, 6) is 0. The van der Waals surface area contributed by atoms with Crippen LogP contribution in [-0.4, -0.2) is 16.5 Å². The zero-order chi connectivity index (χ0) is 17.5. The molecule has 0 aliphatic carbocycles. The molecule has 2 aromatic rings. The Bertz CT molecular complexity index is 744. The molecular formula is C20H26N2O2. The third kappa shape index (κ3) is 2.99. The monoisotopic (exact) mass is 326 g/mol. The molecule has 0 radical (unpaired) electrons. The van der Waals surface area contributed by atoms with E-state index in [1.54, 1.807) is 0 Å². The fourth-order valence-corrected chi connectivity index (χ4v) is 3.53. The van der Waals surface area contributed by atoms with E-state index in [1.165, 1.54) is 10.6 Å². The van der Waals surface area contributed by atoms with Crippen LogP contribution < -0.4 is 10.1 Å². The van der Waals surface area contributed by atoms with E-state index in [4.69, 9.17) is 4.84 Å². The van der Waals surface area contributed by atoms with E-state index >= 15 is 0 Å². The van der Waals surface area contributed by atoms with Crippen molar-refractivity contribution in [1.82, 2.24) is 0 Å². The molecule has 4 nitrogen and oxygen atoms in total. The largest absolute Gasteiger partial charge is 0.286 e. The van der Waals surface area contributed by atoms with E-state index in [0.717, 1.165) is 16.9 Å². The third-order valence-electron chi connectivity index (χ3n) is 4.53. The van der Waals surface area contributed by atoms with Gasteiger partial charge in [-0.1, -0.05) is 24.3 Å². The summed E-state index contributed by atoms with van der Waals surface area (Å²) in [5, 5.41) is 14.0. The molecule has 0 bridgehead atoms. The van der Waals surface area contributed by atoms with Crippen LogP contribution >= 0.6 is 0 Å². The van der Waals surface area contributed by atoms with E-state index in [1.807, 2.05) is 55.3 Å². The fraction of sp³-hybridized carbons (Fsp3) is 0.400. The van der Waals surface area contributed by atoms with Crippen molar-refractivity contribution < 1.29 is 10.0 Å². The Morgan fingerprint density at radius 1 is 1.00 bits per heavy atom. The lowest BCUT2D eigenvalue weighted by Gasteiger charge is -2.34. The molecule has 1 saturated heterocycles. The molecule has 0 amide bonds. The van der Waals surface area contributed by atoms with Gasteiger partial charge >= 0.3 is 0 Å². The van der Waals surface area contributed by atoms with Gasteiger partial charge in [0.1, 0.15) is 0 Å². The minimum atomic E-state index is -0.832. The van der Waals surface area contributed by atoms with Gasteiger partial charge in [0.2, 0.25) is 0 Å². The molecule has 0 saturated carbocycles. The maximum Gasteiger partial charge on any atom is 0.190 e. The van der Waals surface area contributed by atoms with E-state index < -0.39 is 5.72 Å². The predicted molar refractivity (Wildman–Crippen MR) is 97.3 cm³/mol. The van der Waals surface area contributed by atoms with Gasteiger partial charge in [0.15, 0.2) is 5.72 Å². The Labute approximate surface area is 144 Å². The van der Waals surface area contributed by atoms with Crippen LogP contribution in [0.4, 0.5) is 11.4 Å². The number of anilines is 2. The van der Waals surface area contributed by atoms with Gasteiger partial charge in [-0.3, -0.25) is 5.21 Å². The molecular weight excluding hydrogens is 300 g/mol. The molecule has 24 heavy (non-hydrogen) atoms. The van der Waals surface area contributed by atoms with Crippen molar-refractivity contribution in [2.45, 2.75) is 52.3 Å². The van der Waals surface area contributed by atoms with Crippen LogP contribution in [0.5, 0.6) is 0 Å². The van der Waals surface area contributed by atoms with Crippen LogP contribution in [0, 0.1) is 13.8 Å². The van der Waals surface area contributed by atoms with Gasteiger partial charge in [0.05, 0.1) is 16.9 Å². The van der Waals surface area contributed by atoms with Crippen molar-refractivity contribution >= 4 is 11.4 Å². The highest BCUT2D eigenvalue weighted by atomic mass is 16.7. The van der Waals surface area contributed by atoms with Gasteiger partial charge in [-0.05, 0) is 70.0 Å². The summed E-state index contributed by atoms with van der Waals surface area (Å²) >= 11 is 0. The first-order valence-electron chi connectivity index (χ1n) is 8.33. The number of hydrogen-bond acceptors (Lipinski definition) is 4. The minimum absolute atomic E-state index is 0.243. The van der Waals surface area contributed by atoms with Gasteiger partial charge in [-0.2, -0.15) is 0 Å². The molecule has 0 spiro atoms. The second-order valence-electron chi connectivity index (χ2n) is 7.54. The Hall–Kier alpha value is -2.04. The normalized spacial score (nSPS) is 22.7. The SMILES string of the molecule is Cc1cccc(N2O[C@@](C)(N(O)c3cccc(C)c3)CC2(C)C)c1. The van der Waals surface area contributed by atoms with E-state index in [9.17, 15) is 5.21 Å². The summed E-state index contributed by atoms with van der Waals surface area (Å²) in [5.41, 5.74) is 2.94. The van der Waals surface area contributed by atoms with Crippen LogP contribution in [0.2, 0.25) is 0 Å². The van der Waals surface area contributed by atoms with E-state index in [2.05, 4.69) is 32.9 Å².